The normalized spacial score (nSPS) is 10.0. The summed E-state index contributed by atoms with van der Waals surface area (Å²) >= 11 is 0. The first-order valence-electron chi connectivity index (χ1n) is 5.06. The monoisotopic (exact) mass is 231 g/mol. The molecule has 0 saturated carbocycles. The molecule has 0 unspecified atom stereocenters. The Morgan fingerprint density at radius 2 is 1.88 bits per heavy atom. The molecule has 0 aliphatic carbocycles. The fraction of sp³-hybridized carbons (Fsp3) is 0.0769. The number of pyridine rings is 1. The minimum absolute atomic E-state index is 0.130. The molecule has 0 bridgehead atoms. The van der Waals surface area contributed by atoms with Crippen molar-refractivity contribution < 1.29 is 13.9 Å². The lowest BCUT2D eigenvalue weighted by molar-refractivity contribution is 0.101. The van der Waals surface area contributed by atoms with Gasteiger partial charge in [-0.2, -0.15) is 0 Å². The Balaban J connectivity index is 2.21. The molecule has 0 radical (unpaired) electrons. The van der Waals surface area contributed by atoms with Gasteiger partial charge in [0.25, 0.3) is 0 Å². The van der Waals surface area contributed by atoms with Gasteiger partial charge in [-0.3, -0.25) is 4.79 Å². The summed E-state index contributed by atoms with van der Waals surface area (Å²) in [5.41, 5.74) is 0.338. The molecule has 1 aromatic carbocycles. The molecule has 0 amide bonds. The second-order valence-electron chi connectivity index (χ2n) is 3.47. The van der Waals surface area contributed by atoms with E-state index >= 15 is 0 Å². The zero-order chi connectivity index (χ0) is 12.3. The zero-order valence-corrected chi connectivity index (χ0v) is 9.18. The van der Waals surface area contributed by atoms with Crippen molar-refractivity contribution in [2.45, 2.75) is 6.92 Å². The molecule has 0 N–H and O–H groups in total. The van der Waals surface area contributed by atoms with Gasteiger partial charge < -0.3 is 4.74 Å². The molecule has 0 aliphatic rings. The summed E-state index contributed by atoms with van der Waals surface area (Å²) in [6, 6.07) is 10.5. The summed E-state index contributed by atoms with van der Waals surface area (Å²) in [5, 5.41) is 0. The lowest BCUT2D eigenvalue weighted by Gasteiger charge is -2.05. The van der Waals surface area contributed by atoms with E-state index in [0.29, 0.717) is 17.3 Å². The molecular formula is C13H10FNO2. The lowest BCUT2D eigenvalue weighted by Crippen LogP contribution is -1.97. The SMILES string of the molecule is CC(=O)c1cccc(Oc2ccc(F)cc2)n1. The van der Waals surface area contributed by atoms with Gasteiger partial charge >= 0.3 is 0 Å². The first-order valence-corrected chi connectivity index (χ1v) is 5.06. The van der Waals surface area contributed by atoms with Crippen LogP contribution in [0.25, 0.3) is 0 Å². The van der Waals surface area contributed by atoms with Crippen molar-refractivity contribution in [3.63, 3.8) is 0 Å². The van der Waals surface area contributed by atoms with Gasteiger partial charge in [0.1, 0.15) is 17.3 Å². The van der Waals surface area contributed by atoms with Crippen LogP contribution in [0.4, 0.5) is 4.39 Å². The summed E-state index contributed by atoms with van der Waals surface area (Å²) in [6.45, 7) is 1.43. The number of ketones is 1. The van der Waals surface area contributed by atoms with Crippen LogP contribution in [-0.2, 0) is 0 Å². The van der Waals surface area contributed by atoms with E-state index in [1.807, 2.05) is 0 Å². The number of halogens is 1. The van der Waals surface area contributed by atoms with Crippen LogP contribution in [0, 0.1) is 5.82 Å². The Bertz CT molecular complexity index is 537. The van der Waals surface area contributed by atoms with E-state index in [1.165, 1.54) is 31.2 Å². The van der Waals surface area contributed by atoms with E-state index < -0.39 is 0 Å². The predicted molar refractivity (Wildman–Crippen MR) is 60.7 cm³/mol. The van der Waals surface area contributed by atoms with Crippen molar-refractivity contribution >= 4 is 5.78 Å². The molecule has 2 aromatic rings. The Hall–Kier alpha value is -2.23. The Morgan fingerprint density at radius 1 is 1.18 bits per heavy atom. The lowest BCUT2D eigenvalue weighted by atomic mass is 10.3. The van der Waals surface area contributed by atoms with Crippen molar-refractivity contribution in [1.82, 2.24) is 4.98 Å². The summed E-state index contributed by atoms with van der Waals surface area (Å²) in [7, 11) is 0. The molecule has 0 atom stereocenters. The summed E-state index contributed by atoms with van der Waals surface area (Å²) in [5.74, 6) is 0.321. The van der Waals surface area contributed by atoms with Crippen LogP contribution >= 0.6 is 0 Å². The molecule has 17 heavy (non-hydrogen) atoms. The molecule has 86 valence electrons. The van der Waals surface area contributed by atoms with Crippen LogP contribution in [0.1, 0.15) is 17.4 Å². The van der Waals surface area contributed by atoms with Gasteiger partial charge in [0.2, 0.25) is 5.88 Å². The summed E-state index contributed by atoms with van der Waals surface area (Å²) < 4.78 is 18.1. The fourth-order valence-corrected chi connectivity index (χ4v) is 1.29. The van der Waals surface area contributed by atoms with Crippen molar-refractivity contribution in [1.29, 1.82) is 0 Å². The van der Waals surface area contributed by atoms with E-state index in [4.69, 9.17) is 4.74 Å². The minimum atomic E-state index is -0.331. The first-order chi connectivity index (χ1) is 8.15. The second kappa shape index (κ2) is 4.74. The molecule has 0 fully saturated rings. The topological polar surface area (TPSA) is 39.2 Å². The largest absolute Gasteiger partial charge is 0.439 e. The van der Waals surface area contributed by atoms with Crippen LogP contribution in [0.2, 0.25) is 0 Å². The van der Waals surface area contributed by atoms with E-state index in [-0.39, 0.29) is 11.6 Å². The quantitative estimate of drug-likeness (QED) is 0.761. The first kappa shape index (κ1) is 11.3. The molecule has 4 heteroatoms. The molecule has 1 aromatic heterocycles. The van der Waals surface area contributed by atoms with E-state index in [0.717, 1.165) is 0 Å². The maximum atomic E-state index is 12.7. The number of rotatable bonds is 3. The third kappa shape index (κ3) is 2.87. The number of hydrogen-bond acceptors (Lipinski definition) is 3. The zero-order valence-electron chi connectivity index (χ0n) is 9.18. The number of benzene rings is 1. The average molecular weight is 231 g/mol. The standard InChI is InChI=1S/C13H10FNO2/c1-9(16)12-3-2-4-13(15-12)17-11-7-5-10(14)6-8-11/h2-8H,1H3. The molecule has 0 saturated heterocycles. The van der Waals surface area contributed by atoms with Gasteiger partial charge in [0, 0.05) is 13.0 Å². The summed E-state index contributed by atoms with van der Waals surface area (Å²) in [6.07, 6.45) is 0. The predicted octanol–water partition coefficient (Wildman–Crippen LogP) is 3.22. The number of Topliss-reactive ketones (excluding diaryl/α,β-unsaturated/α-hetero) is 1. The third-order valence-electron chi connectivity index (χ3n) is 2.12. The van der Waals surface area contributed by atoms with Crippen molar-refractivity contribution in [2.75, 3.05) is 0 Å². The Labute approximate surface area is 97.9 Å². The smallest absolute Gasteiger partial charge is 0.219 e. The van der Waals surface area contributed by atoms with Gasteiger partial charge in [-0.05, 0) is 30.3 Å². The van der Waals surface area contributed by atoms with Crippen LogP contribution in [0.5, 0.6) is 11.6 Å². The van der Waals surface area contributed by atoms with Gasteiger partial charge in [0.15, 0.2) is 5.78 Å². The van der Waals surface area contributed by atoms with Gasteiger partial charge in [0.05, 0.1) is 0 Å². The van der Waals surface area contributed by atoms with Crippen molar-refractivity contribution in [3.05, 3.63) is 54.0 Å². The van der Waals surface area contributed by atoms with Crippen LogP contribution in [0.15, 0.2) is 42.5 Å². The van der Waals surface area contributed by atoms with Crippen LogP contribution in [0.3, 0.4) is 0 Å². The number of nitrogens with zero attached hydrogens (tertiary/aromatic N) is 1. The van der Waals surface area contributed by atoms with Crippen LogP contribution in [-0.4, -0.2) is 10.8 Å². The van der Waals surface area contributed by atoms with E-state index in [1.54, 1.807) is 18.2 Å². The second-order valence-corrected chi connectivity index (χ2v) is 3.47. The van der Waals surface area contributed by atoms with E-state index in [9.17, 15) is 9.18 Å². The molecule has 0 spiro atoms. The molecule has 0 aliphatic heterocycles. The molecule has 1 heterocycles. The maximum absolute atomic E-state index is 12.7. The highest BCUT2D eigenvalue weighted by Crippen LogP contribution is 2.19. The fourth-order valence-electron chi connectivity index (χ4n) is 1.29. The number of aromatic nitrogens is 1. The van der Waals surface area contributed by atoms with E-state index in [2.05, 4.69) is 4.98 Å². The molecular weight excluding hydrogens is 221 g/mol. The maximum Gasteiger partial charge on any atom is 0.219 e. The number of carbonyl (C=O) groups is 1. The summed E-state index contributed by atoms with van der Waals surface area (Å²) in [4.78, 5) is 15.2. The van der Waals surface area contributed by atoms with Crippen molar-refractivity contribution in [3.8, 4) is 11.6 Å². The third-order valence-corrected chi connectivity index (χ3v) is 2.12. The number of hydrogen-bond donors (Lipinski definition) is 0. The average Bonchev–Trinajstić information content (AvgIpc) is 2.32. The molecule has 3 nitrogen and oxygen atoms in total. The highest BCUT2D eigenvalue weighted by molar-refractivity contribution is 5.92. The van der Waals surface area contributed by atoms with Gasteiger partial charge in [-0.1, -0.05) is 6.07 Å². The minimum Gasteiger partial charge on any atom is -0.439 e. The number of carbonyl (C=O) groups excluding carboxylic acids is 1. The highest BCUT2D eigenvalue weighted by atomic mass is 19.1. The van der Waals surface area contributed by atoms with Crippen molar-refractivity contribution in [2.24, 2.45) is 0 Å². The highest BCUT2D eigenvalue weighted by Gasteiger charge is 2.04. The number of ether oxygens (including phenoxy) is 1. The Kier molecular flexibility index (Phi) is 3.14. The molecule has 2 rings (SSSR count). The van der Waals surface area contributed by atoms with Gasteiger partial charge in [-0.25, -0.2) is 9.37 Å². The Morgan fingerprint density at radius 3 is 2.53 bits per heavy atom. The van der Waals surface area contributed by atoms with Gasteiger partial charge in [-0.15, -0.1) is 0 Å². The van der Waals surface area contributed by atoms with Crippen LogP contribution < -0.4 is 4.74 Å².